The Labute approximate surface area is 168 Å². The third kappa shape index (κ3) is 6.53. The standard InChI is InChI=1S/C19H24ClN3O5/c1-13(19(27)21-16-5-3-4-15(20)12-16)28-18(26)7-6-17(25)23-10-8-22(9-11-23)14(2)24/h3-5,12-13H,6-11H2,1-2H3,(H,21,27)/t13-/m1/s1. The second-order valence-electron chi connectivity index (χ2n) is 6.52. The molecule has 1 aromatic carbocycles. The number of esters is 1. The van der Waals surface area contributed by atoms with Crippen LogP contribution in [0.4, 0.5) is 5.69 Å². The third-order valence-corrected chi connectivity index (χ3v) is 4.63. The molecule has 0 radical (unpaired) electrons. The smallest absolute Gasteiger partial charge is 0.307 e. The monoisotopic (exact) mass is 409 g/mol. The molecule has 0 spiro atoms. The number of hydrogen-bond acceptors (Lipinski definition) is 5. The topological polar surface area (TPSA) is 96.0 Å². The maximum Gasteiger partial charge on any atom is 0.307 e. The minimum atomic E-state index is -0.999. The largest absolute Gasteiger partial charge is 0.453 e. The highest BCUT2D eigenvalue weighted by atomic mass is 35.5. The van der Waals surface area contributed by atoms with E-state index < -0.39 is 18.0 Å². The van der Waals surface area contributed by atoms with Crippen molar-refractivity contribution < 1.29 is 23.9 Å². The summed E-state index contributed by atoms with van der Waals surface area (Å²) in [5, 5.41) is 3.09. The van der Waals surface area contributed by atoms with Crippen LogP contribution in [0, 0.1) is 0 Å². The quantitative estimate of drug-likeness (QED) is 0.721. The van der Waals surface area contributed by atoms with E-state index >= 15 is 0 Å². The molecule has 1 aliphatic rings. The maximum atomic E-state index is 12.2. The predicted octanol–water partition coefficient (Wildman–Crippen LogP) is 1.68. The molecule has 8 nitrogen and oxygen atoms in total. The number of benzene rings is 1. The van der Waals surface area contributed by atoms with E-state index in [1.807, 2.05) is 0 Å². The molecule has 0 saturated carbocycles. The highest BCUT2D eigenvalue weighted by molar-refractivity contribution is 6.30. The van der Waals surface area contributed by atoms with E-state index in [2.05, 4.69) is 5.32 Å². The summed E-state index contributed by atoms with van der Waals surface area (Å²) in [6.07, 6.45) is -1.11. The van der Waals surface area contributed by atoms with Gasteiger partial charge in [-0.3, -0.25) is 19.2 Å². The Morgan fingerprint density at radius 2 is 1.75 bits per heavy atom. The summed E-state index contributed by atoms with van der Waals surface area (Å²) in [4.78, 5) is 50.8. The molecule has 2 rings (SSSR count). The van der Waals surface area contributed by atoms with Gasteiger partial charge in [-0.05, 0) is 25.1 Å². The highest BCUT2D eigenvalue weighted by Crippen LogP contribution is 2.15. The van der Waals surface area contributed by atoms with Crippen molar-refractivity contribution >= 4 is 41.0 Å². The molecule has 1 saturated heterocycles. The molecule has 0 aliphatic carbocycles. The van der Waals surface area contributed by atoms with E-state index in [9.17, 15) is 19.2 Å². The van der Waals surface area contributed by atoms with Gasteiger partial charge in [0.1, 0.15) is 0 Å². The van der Waals surface area contributed by atoms with Gasteiger partial charge in [-0.25, -0.2) is 0 Å². The lowest BCUT2D eigenvalue weighted by Gasteiger charge is -2.34. The summed E-state index contributed by atoms with van der Waals surface area (Å²) in [5.74, 6) is -1.29. The average Bonchev–Trinajstić information content (AvgIpc) is 2.66. The summed E-state index contributed by atoms with van der Waals surface area (Å²) in [6, 6.07) is 6.62. The van der Waals surface area contributed by atoms with E-state index in [1.165, 1.54) is 13.8 Å². The molecule has 1 N–H and O–H groups in total. The Kier molecular flexibility index (Phi) is 7.80. The van der Waals surface area contributed by atoms with E-state index in [0.717, 1.165) is 0 Å². The van der Waals surface area contributed by atoms with Crippen LogP contribution in [0.3, 0.4) is 0 Å². The highest BCUT2D eigenvalue weighted by Gasteiger charge is 2.24. The lowest BCUT2D eigenvalue weighted by molar-refractivity contribution is -0.154. The second kappa shape index (κ2) is 10.1. The molecule has 152 valence electrons. The summed E-state index contributed by atoms with van der Waals surface area (Å²) in [7, 11) is 0. The predicted molar refractivity (Wildman–Crippen MR) is 104 cm³/mol. The van der Waals surface area contributed by atoms with Gasteiger partial charge in [-0.1, -0.05) is 17.7 Å². The van der Waals surface area contributed by atoms with Crippen LogP contribution in [-0.4, -0.2) is 65.8 Å². The van der Waals surface area contributed by atoms with Gasteiger partial charge in [0.25, 0.3) is 5.91 Å². The zero-order chi connectivity index (χ0) is 20.7. The van der Waals surface area contributed by atoms with Crippen LogP contribution < -0.4 is 5.32 Å². The van der Waals surface area contributed by atoms with Crippen molar-refractivity contribution in [3.63, 3.8) is 0 Å². The van der Waals surface area contributed by atoms with Gasteiger partial charge in [0, 0.05) is 50.2 Å². The Morgan fingerprint density at radius 1 is 1.11 bits per heavy atom. The molecule has 1 heterocycles. The summed E-state index contributed by atoms with van der Waals surface area (Å²) in [6.45, 7) is 4.84. The van der Waals surface area contributed by atoms with Gasteiger partial charge in [0.2, 0.25) is 11.8 Å². The van der Waals surface area contributed by atoms with Crippen LogP contribution in [0.1, 0.15) is 26.7 Å². The fourth-order valence-corrected chi connectivity index (χ4v) is 2.95. The Bertz CT molecular complexity index is 747. The van der Waals surface area contributed by atoms with Gasteiger partial charge in [-0.15, -0.1) is 0 Å². The number of nitrogens with zero attached hydrogens (tertiary/aromatic N) is 2. The lowest BCUT2D eigenvalue weighted by Crippen LogP contribution is -2.50. The van der Waals surface area contributed by atoms with E-state index in [1.54, 1.807) is 34.1 Å². The number of piperazine rings is 1. The molecule has 1 fully saturated rings. The number of rotatable bonds is 6. The zero-order valence-electron chi connectivity index (χ0n) is 15.9. The number of ether oxygens (including phenoxy) is 1. The van der Waals surface area contributed by atoms with E-state index in [-0.39, 0.29) is 24.7 Å². The first-order valence-electron chi connectivity index (χ1n) is 9.05. The van der Waals surface area contributed by atoms with Crippen molar-refractivity contribution in [3.8, 4) is 0 Å². The van der Waals surface area contributed by atoms with Crippen LogP contribution in [0.15, 0.2) is 24.3 Å². The van der Waals surface area contributed by atoms with Crippen molar-refractivity contribution in [2.75, 3.05) is 31.5 Å². The third-order valence-electron chi connectivity index (χ3n) is 4.39. The molecule has 1 atom stereocenters. The first kappa shape index (κ1) is 21.7. The Balaban J connectivity index is 1.72. The number of carbonyl (C=O) groups is 4. The normalized spacial score (nSPS) is 15.0. The number of hydrogen-bond donors (Lipinski definition) is 1. The molecule has 1 aromatic rings. The SMILES string of the molecule is CC(=O)N1CCN(C(=O)CCC(=O)O[C@H](C)C(=O)Nc2cccc(Cl)c2)CC1. The Morgan fingerprint density at radius 3 is 2.36 bits per heavy atom. The molecule has 0 bridgehead atoms. The molecule has 3 amide bonds. The van der Waals surface area contributed by atoms with Gasteiger partial charge >= 0.3 is 5.97 Å². The minimum absolute atomic E-state index is 0.00152. The number of carbonyl (C=O) groups excluding carboxylic acids is 4. The van der Waals surface area contributed by atoms with Gasteiger partial charge < -0.3 is 19.9 Å². The zero-order valence-corrected chi connectivity index (χ0v) is 16.7. The minimum Gasteiger partial charge on any atom is -0.453 e. The van der Waals surface area contributed by atoms with Gasteiger partial charge in [0.05, 0.1) is 6.42 Å². The van der Waals surface area contributed by atoms with Crippen molar-refractivity contribution in [2.24, 2.45) is 0 Å². The van der Waals surface area contributed by atoms with Crippen LogP contribution in [0.25, 0.3) is 0 Å². The number of amides is 3. The van der Waals surface area contributed by atoms with Gasteiger partial charge in [0.15, 0.2) is 6.10 Å². The lowest BCUT2D eigenvalue weighted by atomic mass is 10.2. The van der Waals surface area contributed by atoms with Crippen molar-refractivity contribution in [2.45, 2.75) is 32.8 Å². The number of anilines is 1. The molecule has 1 aliphatic heterocycles. The molecular formula is C19H24ClN3O5. The van der Waals surface area contributed by atoms with E-state index in [4.69, 9.17) is 16.3 Å². The molecule has 0 unspecified atom stereocenters. The average molecular weight is 410 g/mol. The summed E-state index contributed by atoms with van der Waals surface area (Å²) in [5.41, 5.74) is 0.500. The van der Waals surface area contributed by atoms with Crippen molar-refractivity contribution in [1.82, 2.24) is 9.80 Å². The summed E-state index contributed by atoms with van der Waals surface area (Å²) >= 11 is 5.86. The second-order valence-corrected chi connectivity index (χ2v) is 6.95. The fourth-order valence-electron chi connectivity index (χ4n) is 2.76. The van der Waals surface area contributed by atoms with Crippen LogP contribution >= 0.6 is 11.6 Å². The van der Waals surface area contributed by atoms with Crippen LogP contribution in [-0.2, 0) is 23.9 Å². The molecule has 28 heavy (non-hydrogen) atoms. The molecule has 0 aromatic heterocycles. The van der Waals surface area contributed by atoms with Crippen LogP contribution in [0.2, 0.25) is 5.02 Å². The fraction of sp³-hybridized carbons (Fsp3) is 0.474. The summed E-state index contributed by atoms with van der Waals surface area (Å²) < 4.78 is 5.09. The maximum absolute atomic E-state index is 12.2. The van der Waals surface area contributed by atoms with Crippen molar-refractivity contribution in [3.05, 3.63) is 29.3 Å². The first-order chi connectivity index (χ1) is 13.3. The number of halogens is 1. The van der Waals surface area contributed by atoms with Gasteiger partial charge in [-0.2, -0.15) is 0 Å². The molecular weight excluding hydrogens is 386 g/mol. The van der Waals surface area contributed by atoms with E-state index in [0.29, 0.717) is 36.9 Å². The Hall–Kier alpha value is -2.61. The van der Waals surface area contributed by atoms with Crippen LogP contribution in [0.5, 0.6) is 0 Å². The number of nitrogens with one attached hydrogen (secondary N) is 1. The molecule has 9 heteroatoms. The first-order valence-corrected chi connectivity index (χ1v) is 9.43. The van der Waals surface area contributed by atoms with Crippen molar-refractivity contribution in [1.29, 1.82) is 0 Å².